The Bertz CT molecular complexity index is 1200. The molecule has 1 aliphatic carbocycles. The second-order valence-corrected chi connectivity index (χ2v) is 10.2. The molecule has 8 nitrogen and oxygen atoms in total. The first kappa shape index (κ1) is 21.0. The lowest BCUT2D eigenvalue weighted by Crippen LogP contribution is -2.70. The molecule has 0 spiro atoms. The molecule has 5 rings (SSSR count). The van der Waals surface area contributed by atoms with Crippen molar-refractivity contribution in [2.75, 3.05) is 31.5 Å². The van der Waals surface area contributed by atoms with E-state index in [1.165, 1.54) is 16.4 Å². The molecule has 2 aromatic rings. The van der Waals surface area contributed by atoms with Crippen LogP contribution >= 0.6 is 0 Å². The highest BCUT2D eigenvalue weighted by Crippen LogP contribution is 2.35. The Hall–Kier alpha value is -2.84. The molecule has 10 heteroatoms. The summed E-state index contributed by atoms with van der Waals surface area (Å²) in [6.07, 6.45) is 3.98. The number of fused-ring (bicyclic) bond motifs is 1. The number of rotatable bonds is 5. The third kappa shape index (κ3) is 3.89. The van der Waals surface area contributed by atoms with Gasteiger partial charge in [-0.1, -0.05) is 0 Å². The van der Waals surface area contributed by atoms with Crippen LogP contribution in [0.1, 0.15) is 18.4 Å². The number of benzene rings is 2. The van der Waals surface area contributed by atoms with Crippen molar-refractivity contribution in [3.8, 4) is 6.07 Å². The normalized spacial score (nSPS) is 23.9. The van der Waals surface area contributed by atoms with Gasteiger partial charge in [0.15, 0.2) is 5.79 Å². The van der Waals surface area contributed by atoms with E-state index in [0.29, 0.717) is 43.5 Å². The Balaban J connectivity index is 1.36. The van der Waals surface area contributed by atoms with Crippen molar-refractivity contribution in [2.45, 2.75) is 29.6 Å². The van der Waals surface area contributed by atoms with Crippen LogP contribution in [0.15, 0.2) is 52.4 Å². The summed E-state index contributed by atoms with van der Waals surface area (Å²) in [5.41, 5.74) is 2.07. The molecule has 166 valence electrons. The van der Waals surface area contributed by atoms with Crippen molar-refractivity contribution in [3.05, 3.63) is 53.8 Å². The quantitative estimate of drug-likeness (QED) is 0.719. The molecule has 2 N–H and O–H groups in total. The van der Waals surface area contributed by atoms with E-state index in [0.717, 1.165) is 30.7 Å². The van der Waals surface area contributed by atoms with Crippen LogP contribution in [-0.4, -0.2) is 61.8 Å². The molecule has 2 heterocycles. The molecule has 2 aromatic carbocycles. The van der Waals surface area contributed by atoms with Gasteiger partial charge in [0.2, 0.25) is 10.0 Å². The van der Waals surface area contributed by atoms with Gasteiger partial charge in [-0.2, -0.15) is 9.57 Å². The fraction of sp³-hybridized carbons (Fsp3) is 0.364. The summed E-state index contributed by atoms with van der Waals surface area (Å²) in [5, 5.41) is 16.3. The molecule has 1 saturated heterocycles. The fourth-order valence-corrected chi connectivity index (χ4v) is 5.54. The highest BCUT2D eigenvalue weighted by molar-refractivity contribution is 7.89. The van der Waals surface area contributed by atoms with Gasteiger partial charge in [-0.15, -0.1) is 0 Å². The lowest BCUT2D eigenvalue weighted by atomic mass is 10.1. The summed E-state index contributed by atoms with van der Waals surface area (Å²) >= 11 is 0. The lowest BCUT2D eigenvalue weighted by Gasteiger charge is -2.47. The minimum absolute atomic E-state index is 0.0951. The zero-order valence-corrected chi connectivity index (χ0v) is 18.1. The van der Waals surface area contributed by atoms with Crippen molar-refractivity contribution in [3.63, 3.8) is 0 Å². The molecule has 1 atom stereocenters. The second-order valence-electron chi connectivity index (χ2n) is 8.26. The van der Waals surface area contributed by atoms with Crippen LogP contribution in [0.5, 0.6) is 0 Å². The van der Waals surface area contributed by atoms with Gasteiger partial charge in [0.1, 0.15) is 5.82 Å². The Labute approximate surface area is 186 Å². The number of hydrogen-bond acceptors (Lipinski definition) is 7. The summed E-state index contributed by atoms with van der Waals surface area (Å²) in [6, 6.07) is 12.8. The highest BCUT2D eigenvalue weighted by Gasteiger charge is 2.44. The van der Waals surface area contributed by atoms with Gasteiger partial charge in [-0.3, -0.25) is 15.2 Å². The third-order valence-corrected chi connectivity index (χ3v) is 7.95. The van der Waals surface area contributed by atoms with E-state index < -0.39 is 21.6 Å². The predicted octanol–water partition coefficient (Wildman–Crippen LogP) is 2.24. The van der Waals surface area contributed by atoms with Crippen LogP contribution in [0.25, 0.3) is 0 Å². The van der Waals surface area contributed by atoms with E-state index in [4.69, 9.17) is 5.26 Å². The topological polar surface area (TPSA) is 101 Å². The minimum atomic E-state index is -3.68. The molecule has 2 aliphatic heterocycles. The Kier molecular flexibility index (Phi) is 5.22. The Morgan fingerprint density at radius 3 is 2.50 bits per heavy atom. The SMILES string of the molecule is N#Cc1ccc2c(c1)N=CC(NC1CC1)(N1CCN(S(=O)(=O)c3ccc(F)cc3)CC1)N2. The number of nitrogens with one attached hydrogen (secondary N) is 2. The van der Waals surface area contributed by atoms with Crippen molar-refractivity contribution in [1.29, 1.82) is 5.26 Å². The molecule has 3 aliphatic rings. The van der Waals surface area contributed by atoms with E-state index in [9.17, 15) is 12.8 Å². The molecule has 1 saturated carbocycles. The summed E-state index contributed by atoms with van der Waals surface area (Å²) in [4.78, 5) is 6.88. The highest BCUT2D eigenvalue weighted by atomic mass is 32.2. The first-order chi connectivity index (χ1) is 15.4. The molecular weight excluding hydrogens is 431 g/mol. The van der Waals surface area contributed by atoms with Gasteiger partial charge in [-0.25, -0.2) is 12.8 Å². The van der Waals surface area contributed by atoms with Gasteiger partial charge >= 0.3 is 0 Å². The zero-order chi connectivity index (χ0) is 22.3. The second kappa shape index (κ2) is 7.94. The number of piperazine rings is 1. The molecule has 0 bridgehead atoms. The Morgan fingerprint density at radius 1 is 1.12 bits per heavy atom. The average Bonchev–Trinajstić information content (AvgIpc) is 3.63. The van der Waals surface area contributed by atoms with E-state index >= 15 is 0 Å². The maximum absolute atomic E-state index is 13.2. The van der Waals surface area contributed by atoms with Crippen LogP contribution in [-0.2, 0) is 10.0 Å². The number of hydrogen-bond donors (Lipinski definition) is 2. The fourth-order valence-electron chi connectivity index (χ4n) is 4.12. The molecule has 0 amide bonds. The molecule has 0 radical (unpaired) electrons. The smallest absolute Gasteiger partial charge is 0.243 e. The number of halogens is 1. The predicted molar refractivity (Wildman–Crippen MR) is 119 cm³/mol. The summed E-state index contributed by atoms with van der Waals surface area (Å²) < 4.78 is 40.6. The minimum Gasteiger partial charge on any atom is -0.348 e. The molecular formula is C22H23FN6O2S. The van der Waals surface area contributed by atoms with Crippen LogP contribution in [0.4, 0.5) is 15.8 Å². The van der Waals surface area contributed by atoms with Gasteiger partial charge in [0, 0.05) is 32.2 Å². The summed E-state index contributed by atoms with van der Waals surface area (Å²) in [6.45, 7) is 1.60. The summed E-state index contributed by atoms with van der Waals surface area (Å²) in [5.74, 6) is -1.19. The van der Waals surface area contributed by atoms with Crippen molar-refractivity contribution < 1.29 is 12.8 Å². The molecule has 0 aromatic heterocycles. The van der Waals surface area contributed by atoms with Crippen molar-refractivity contribution in [2.24, 2.45) is 4.99 Å². The van der Waals surface area contributed by atoms with Gasteiger partial charge < -0.3 is 5.32 Å². The third-order valence-electron chi connectivity index (χ3n) is 6.03. The van der Waals surface area contributed by atoms with E-state index in [2.05, 4.69) is 26.6 Å². The van der Waals surface area contributed by atoms with E-state index in [1.807, 2.05) is 12.3 Å². The Morgan fingerprint density at radius 2 is 1.84 bits per heavy atom. The van der Waals surface area contributed by atoms with Crippen molar-refractivity contribution in [1.82, 2.24) is 14.5 Å². The number of nitriles is 1. The molecule has 2 fully saturated rings. The first-order valence-corrected chi connectivity index (χ1v) is 12.0. The van der Waals surface area contributed by atoms with Gasteiger partial charge in [-0.05, 0) is 55.3 Å². The van der Waals surface area contributed by atoms with E-state index in [1.54, 1.807) is 12.1 Å². The molecule has 32 heavy (non-hydrogen) atoms. The van der Waals surface area contributed by atoms with Crippen molar-refractivity contribution >= 4 is 27.6 Å². The van der Waals surface area contributed by atoms with Gasteiger partial charge in [0.05, 0.1) is 34.1 Å². The van der Waals surface area contributed by atoms with E-state index in [-0.39, 0.29) is 4.90 Å². The van der Waals surface area contributed by atoms with Crippen LogP contribution in [0, 0.1) is 17.1 Å². The number of nitrogens with zero attached hydrogens (tertiary/aromatic N) is 4. The zero-order valence-electron chi connectivity index (χ0n) is 17.3. The monoisotopic (exact) mass is 454 g/mol. The van der Waals surface area contributed by atoms with Crippen LogP contribution in [0.3, 0.4) is 0 Å². The largest absolute Gasteiger partial charge is 0.348 e. The number of sulfonamides is 1. The first-order valence-electron chi connectivity index (χ1n) is 10.6. The number of aliphatic imine (C=N–C) groups is 1. The number of anilines is 1. The average molecular weight is 455 g/mol. The maximum atomic E-state index is 13.2. The van der Waals surface area contributed by atoms with Gasteiger partial charge in [0.25, 0.3) is 0 Å². The standard InChI is InChI=1S/C22H23FN6O2S/c23-17-2-6-19(7-3-17)32(30,31)29-11-9-28(10-12-29)22(26-18-4-5-18)15-25-21-13-16(14-24)1-8-20(21)27-22/h1-3,6-8,13,15,18,26-27H,4-5,9-12H2. The lowest BCUT2D eigenvalue weighted by molar-refractivity contribution is 0.0954. The molecule has 1 unspecified atom stereocenters. The van der Waals surface area contributed by atoms with Crippen LogP contribution in [0.2, 0.25) is 0 Å². The summed E-state index contributed by atoms with van der Waals surface area (Å²) in [7, 11) is -3.68. The van der Waals surface area contributed by atoms with Crippen LogP contribution < -0.4 is 10.6 Å². The maximum Gasteiger partial charge on any atom is 0.243 e.